The summed E-state index contributed by atoms with van der Waals surface area (Å²) in [6.07, 6.45) is 8.35. The first-order chi connectivity index (χ1) is 14.6. The largest absolute Gasteiger partial charge is 0.484 e. The van der Waals surface area contributed by atoms with Crippen LogP contribution in [0.5, 0.6) is 5.75 Å². The molecule has 1 unspecified atom stereocenters. The summed E-state index contributed by atoms with van der Waals surface area (Å²) < 4.78 is 8.52. The zero-order chi connectivity index (χ0) is 20.7. The predicted octanol–water partition coefficient (Wildman–Crippen LogP) is 4.65. The minimum absolute atomic E-state index is 0.138. The molecule has 0 saturated carbocycles. The van der Waals surface area contributed by atoms with Gasteiger partial charge in [-0.2, -0.15) is 0 Å². The Morgan fingerprint density at radius 3 is 2.70 bits per heavy atom. The van der Waals surface area contributed by atoms with Crippen molar-refractivity contribution in [3.8, 4) is 11.4 Å². The Balaban J connectivity index is 1.45. The van der Waals surface area contributed by atoms with Crippen molar-refractivity contribution in [1.82, 2.24) is 14.5 Å². The highest BCUT2D eigenvalue weighted by molar-refractivity contribution is 6.35. The fourth-order valence-electron chi connectivity index (χ4n) is 4.68. The van der Waals surface area contributed by atoms with Crippen LogP contribution in [0.15, 0.2) is 55.1 Å². The monoisotopic (exact) mass is 442 g/mol. The van der Waals surface area contributed by atoms with E-state index < -0.39 is 0 Å². The van der Waals surface area contributed by atoms with Gasteiger partial charge in [-0.15, -0.1) is 0 Å². The molecule has 1 fully saturated rings. The molecule has 1 saturated heterocycles. The normalized spacial score (nSPS) is 24.0. The van der Waals surface area contributed by atoms with E-state index in [2.05, 4.69) is 9.88 Å². The van der Waals surface area contributed by atoms with Crippen LogP contribution in [0, 0.1) is 0 Å². The second kappa shape index (κ2) is 8.23. The molecule has 0 spiro atoms. The summed E-state index contributed by atoms with van der Waals surface area (Å²) in [5.74, 6) is 0.819. The second-order valence-corrected chi connectivity index (χ2v) is 8.97. The van der Waals surface area contributed by atoms with Gasteiger partial charge in [-0.1, -0.05) is 23.2 Å². The predicted molar refractivity (Wildman–Crippen MR) is 120 cm³/mol. The van der Waals surface area contributed by atoms with Crippen molar-refractivity contribution in [1.29, 1.82) is 0 Å². The van der Waals surface area contributed by atoms with E-state index in [-0.39, 0.29) is 18.2 Å². The van der Waals surface area contributed by atoms with Gasteiger partial charge in [-0.3, -0.25) is 4.90 Å². The Labute approximate surface area is 186 Å². The van der Waals surface area contributed by atoms with Gasteiger partial charge in [-0.25, -0.2) is 4.98 Å². The van der Waals surface area contributed by atoms with Crippen LogP contribution in [0.1, 0.15) is 30.1 Å². The van der Waals surface area contributed by atoms with E-state index in [1.54, 1.807) is 12.5 Å². The van der Waals surface area contributed by atoms with Gasteiger partial charge in [0.1, 0.15) is 11.9 Å². The molecule has 2 N–H and O–H groups in total. The van der Waals surface area contributed by atoms with E-state index in [4.69, 9.17) is 33.7 Å². The molecule has 5 rings (SSSR count). The third-order valence-electron chi connectivity index (χ3n) is 6.12. The molecule has 156 valence electrons. The molecule has 0 bridgehead atoms. The SMILES string of the molecule is NC1CCCN([C@H]2Cc3c(Cl)cc(Cl)cc3[C@@H]2Oc2ccc(-n3ccnc3)cc2)C1. The summed E-state index contributed by atoms with van der Waals surface area (Å²) in [5.41, 5.74) is 9.52. The Morgan fingerprint density at radius 2 is 1.97 bits per heavy atom. The average Bonchev–Trinajstić information content (AvgIpc) is 3.38. The maximum absolute atomic E-state index is 6.56. The van der Waals surface area contributed by atoms with Crippen LogP contribution in [0.4, 0.5) is 0 Å². The molecule has 1 aromatic heterocycles. The lowest BCUT2D eigenvalue weighted by molar-refractivity contribution is 0.0593. The molecule has 2 aromatic carbocycles. The fourth-order valence-corrected chi connectivity index (χ4v) is 5.26. The van der Waals surface area contributed by atoms with Crippen molar-refractivity contribution in [2.75, 3.05) is 13.1 Å². The van der Waals surface area contributed by atoms with Crippen molar-refractivity contribution >= 4 is 23.2 Å². The van der Waals surface area contributed by atoms with E-state index in [0.717, 1.165) is 54.9 Å². The summed E-state index contributed by atoms with van der Waals surface area (Å²) in [6.45, 7) is 1.90. The zero-order valence-corrected chi connectivity index (χ0v) is 18.1. The van der Waals surface area contributed by atoms with E-state index in [1.165, 1.54) is 0 Å². The Hall–Kier alpha value is -2.05. The third kappa shape index (κ3) is 3.83. The number of benzene rings is 2. The number of nitrogens with zero attached hydrogens (tertiary/aromatic N) is 3. The van der Waals surface area contributed by atoms with Crippen molar-refractivity contribution in [2.24, 2.45) is 5.73 Å². The average molecular weight is 443 g/mol. The standard InChI is InChI=1S/C23H24Cl2N4O/c24-15-10-20-19(21(25)11-15)12-22(28-8-1-2-16(26)13-28)23(20)30-18-5-3-17(4-6-18)29-9-7-27-14-29/h3-7,9-11,14,16,22-23H,1-2,8,12-13,26H2/t16?,22-,23-/m0/s1. The second-order valence-electron chi connectivity index (χ2n) is 8.13. The quantitative estimate of drug-likeness (QED) is 0.638. The van der Waals surface area contributed by atoms with E-state index >= 15 is 0 Å². The molecule has 3 aromatic rings. The number of nitrogens with two attached hydrogens (primary N) is 1. The van der Waals surface area contributed by atoms with Crippen LogP contribution < -0.4 is 10.5 Å². The molecular formula is C23H24Cl2N4O. The summed E-state index contributed by atoms with van der Waals surface area (Å²) in [4.78, 5) is 6.57. The summed E-state index contributed by atoms with van der Waals surface area (Å²) in [7, 11) is 0. The number of aromatic nitrogens is 2. The van der Waals surface area contributed by atoms with Crippen LogP contribution >= 0.6 is 23.2 Å². The summed E-state index contributed by atoms with van der Waals surface area (Å²) in [6, 6.07) is 12.3. The molecule has 1 aliphatic carbocycles. The number of hydrogen-bond acceptors (Lipinski definition) is 4. The first-order valence-electron chi connectivity index (χ1n) is 10.3. The number of rotatable bonds is 4. The highest BCUT2D eigenvalue weighted by Gasteiger charge is 2.40. The first-order valence-corrected chi connectivity index (χ1v) is 11.1. The number of hydrogen-bond donors (Lipinski definition) is 1. The lowest BCUT2D eigenvalue weighted by Gasteiger charge is -2.38. The molecule has 5 nitrogen and oxygen atoms in total. The Bertz CT molecular complexity index is 1020. The number of piperidine rings is 1. The van der Waals surface area contributed by atoms with E-state index in [1.807, 2.05) is 47.2 Å². The maximum atomic E-state index is 6.56. The van der Waals surface area contributed by atoms with Crippen LogP contribution in [0.25, 0.3) is 5.69 Å². The van der Waals surface area contributed by atoms with Crippen molar-refractivity contribution in [2.45, 2.75) is 37.5 Å². The smallest absolute Gasteiger partial charge is 0.140 e. The van der Waals surface area contributed by atoms with Gasteiger partial charge >= 0.3 is 0 Å². The van der Waals surface area contributed by atoms with Gasteiger partial charge in [0.15, 0.2) is 0 Å². The van der Waals surface area contributed by atoms with Gasteiger partial charge in [0.2, 0.25) is 0 Å². The van der Waals surface area contributed by atoms with Gasteiger partial charge in [0, 0.05) is 46.3 Å². The van der Waals surface area contributed by atoms with Crippen molar-refractivity contribution < 1.29 is 4.74 Å². The van der Waals surface area contributed by atoms with E-state index in [0.29, 0.717) is 10.0 Å². The Morgan fingerprint density at radius 1 is 1.13 bits per heavy atom. The van der Waals surface area contributed by atoms with Gasteiger partial charge < -0.3 is 15.0 Å². The third-order valence-corrected chi connectivity index (χ3v) is 6.68. The van der Waals surface area contributed by atoms with Crippen LogP contribution in [0.2, 0.25) is 10.0 Å². The van der Waals surface area contributed by atoms with Gasteiger partial charge in [-0.05, 0) is 67.8 Å². The highest BCUT2D eigenvalue weighted by Crippen LogP contribution is 2.43. The van der Waals surface area contributed by atoms with Gasteiger partial charge in [0.05, 0.1) is 12.4 Å². The Kier molecular flexibility index (Phi) is 5.46. The minimum atomic E-state index is -0.138. The molecule has 0 radical (unpaired) electrons. The van der Waals surface area contributed by atoms with Crippen LogP contribution in [0.3, 0.4) is 0 Å². The molecule has 2 aliphatic rings. The maximum Gasteiger partial charge on any atom is 0.140 e. The molecule has 30 heavy (non-hydrogen) atoms. The number of fused-ring (bicyclic) bond motifs is 1. The summed E-state index contributed by atoms with van der Waals surface area (Å²) >= 11 is 12.9. The van der Waals surface area contributed by atoms with Crippen LogP contribution in [-0.2, 0) is 6.42 Å². The zero-order valence-electron chi connectivity index (χ0n) is 16.5. The van der Waals surface area contributed by atoms with Gasteiger partial charge in [0.25, 0.3) is 0 Å². The summed E-state index contributed by atoms with van der Waals surface area (Å²) in [5, 5.41) is 1.35. The van der Waals surface area contributed by atoms with E-state index in [9.17, 15) is 0 Å². The van der Waals surface area contributed by atoms with Crippen LogP contribution in [-0.4, -0.2) is 39.6 Å². The number of imidazole rings is 1. The lowest BCUT2D eigenvalue weighted by Crippen LogP contribution is -2.49. The highest BCUT2D eigenvalue weighted by atomic mass is 35.5. The first kappa shape index (κ1) is 19.9. The molecule has 2 heterocycles. The lowest BCUT2D eigenvalue weighted by atomic mass is 10.0. The molecule has 1 aliphatic heterocycles. The molecule has 7 heteroatoms. The minimum Gasteiger partial charge on any atom is -0.484 e. The molecule has 3 atom stereocenters. The van der Waals surface area contributed by atoms with Crippen molar-refractivity contribution in [3.05, 3.63) is 76.3 Å². The fraction of sp³-hybridized carbons (Fsp3) is 0.348. The number of halogens is 2. The van der Waals surface area contributed by atoms with Crippen molar-refractivity contribution in [3.63, 3.8) is 0 Å². The topological polar surface area (TPSA) is 56.3 Å². The number of likely N-dealkylation sites (tertiary alicyclic amines) is 1. The number of ether oxygens (including phenoxy) is 1. The molecular weight excluding hydrogens is 419 g/mol. The molecule has 0 amide bonds.